The molecule has 4 aromatic rings. The van der Waals surface area contributed by atoms with Crippen LogP contribution in [0.3, 0.4) is 0 Å². The van der Waals surface area contributed by atoms with Crippen molar-refractivity contribution in [2.24, 2.45) is 5.14 Å². The van der Waals surface area contributed by atoms with Gasteiger partial charge in [-0.2, -0.15) is 4.52 Å². The fraction of sp³-hybridized carbons (Fsp3) is 0.182. The van der Waals surface area contributed by atoms with E-state index in [0.717, 1.165) is 6.42 Å². The third kappa shape index (κ3) is 5.85. The van der Waals surface area contributed by atoms with E-state index in [1.807, 2.05) is 6.92 Å². The van der Waals surface area contributed by atoms with Crippen LogP contribution in [-0.2, 0) is 21.2 Å². The highest BCUT2D eigenvalue weighted by Crippen LogP contribution is 2.24. The predicted molar refractivity (Wildman–Crippen MR) is 133 cm³/mol. The van der Waals surface area contributed by atoms with Crippen LogP contribution in [0.5, 0.6) is 5.75 Å². The summed E-state index contributed by atoms with van der Waals surface area (Å²) in [7, 11) is -3.82. The molecule has 4 rings (SSSR count). The van der Waals surface area contributed by atoms with Gasteiger partial charge >= 0.3 is 0 Å². The van der Waals surface area contributed by atoms with Crippen LogP contribution in [-0.4, -0.2) is 35.5 Å². The third-order valence-electron chi connectivity index (χ3n) is 4.78. The van der Waals surface area contributed by atoms with E-state index < -0.39 is 15.9 Å². The Morgan fingerprint density at radius 1 is 1.26 bits per heavy atom. The molecule has 2 heterocycles. The van der Waals surface area contributed by atoms with Crippen LogP contribution in [0, 0.1) is 0 Å². The number of primary sulfonamides is 1. The van der Waals surface area contributed by atoms with E-state index in [1.54, 1.807) is 24.3 Å². The number of fused-ring (bicyclic) bond motifs is 1. The number of amides is 1. The number of ether oxygens (including phenoxy) is 1. The fourth-order valence-corrected chi connectivity index (χ4v) is 4.79. The second-order valence-corrected chi connectivity index (χ2v) is 10.5. The van der Waals surface area contributed by atoms with Crippen LogP contribution in [0.15, 0.2) is 52.2 Å². The zero-order valence-electron chi connectivity index (χ0n) is 18.4. The Morgan fingerprint density at radius 2 is 2.00 bits per heavy atom. The number of aryl methyl sites for hydroxylation is 1. The standard InChI is InChI=1S/C22H20ClN5O5S2/c1-2-3-19-26-22-28(27-19)21(30)18(34-22)11-13-10-14(23)4-9-17(13)33-12-20(29)25-15-5-7-16(8-6-15)35(24,31)32/h4-11H,2-3,12H2,1H3,(H,25,29)(H2,24,31,32)/b18-11-. The number of carbonyl (C=O) groups is 1. The van der Waals surface area contributed by atoms with Gasteiger partial charge in [0.05, 0.1) is 9.43 Å². The molecule has 10 nitrogen and oxygen atoms in total. The molecule has 1 amide bonds. The quantitative estimate of drug-likeness (QED) is 0.352. The van der Waals surface area contributed by atoms with E-state index in [0.29, 0.717) is 43.8 Å². The summed E-state index contributed by atoms with van der Waals surface area (Å²) >= 11 is 7.34. The highest BCUT2D eigenvalue weighted by molar-refractivity contribution is 7.89. The first-order valence-corrected chi connectivity index (χ1v) is 13.1. The van der Waals surface area contributed by atoms with Gasteiger partial charge in [-0.3, -0.25) is 9.59 Å². The maximum atomic E-state index is 12.8. The van der Waals surface area contributed by atoms with Crippen LogP contribution in [0.25, 0.3) is 11.0 Å². The minimum Gasteiger partial charge on any atom is -0.483 e. The first-order valence-electron chi connectivity index (χ1n) is 10.4. The summed E-state index contributed by atoms with van der Waals surface area (Å²) in [6.07, 6.45) is 3.19. The number of hydrogen-bond donors (Lipinski definition) is 2. The van der Waals surface area contributed by atoms with Gasteiger partial charge in [-0.05, 0) is 55.0 Å². The lowest BCUT2D eigenvalue weighted by Gasteiger charge is -2.10. The second-order valence-electron chi connectivity index (χ2n) is 7.48. The topological polar surface area (TPSA) is 146 Å². The lowest BCUT2D eigenvalue weighted by molar-refractivity contribution is -0.118. The Bertz CT molecular complexity index is 1610. The van der Waals surface area contributed by atoms with Crippen LogP contribution < -0.4 is 25.3 Å². The van der Waals surface area contributed by atoms with Crippen molar-refractivity contribution in [3.05, 3.63) is 73.8 Å². The third-order valence-corrected chi connectivity index (χ3v) is 6.91. The molecule has 0 unspecified atom stereocenters. The van der Waals surface area contributed by atoms with Gasteiger partial charge < -0.3 is 10.1 Å². The Kier molecular flexibility index (Phi) is 7.17. The first-order chi connectivity index (χ1) is 16.6. The molecule has 0 saturated carbocycles. The number of thiazole rings is 1. The van der Waals surface area contributed by atoms with Gasteiger partial charge in [-0.25, -0.2) is 18.5 Å². The molecule has 13 heteroatoms. The van der Waals surface area contributed by atoms with Gasteiger partial charge in [0.15, 0.2) is 12.4 Å². The van der Waals surface area contributed by atoms with Crippen LogP contribution >= 0.6 is 22.9 Å². The van der Waals surface area contributed by atoms with Crippen molar-refractivity contribution in [1.82, 2.24) is 14.6 Å². The van der Waals surface area contributed by atoms with Gasteiger partial charge in [0, 0.05) is 22.7 Å². The number of aromatic nitrogens is 3. The van der Waals surface area contributed by atoms with E-state index >= 15 is 0 Å². The molecule has 2 aromatic heterocycles. The smallest absolute Gasteiger partial charge is 0.291 e. The predicted octanol–water partition coefficient (Wildman–Crippen LogP) is 1.97. The van der Waals surface area contributed by atoms with E-state index in [9.17, 15) is 18.0 Å². The second kappa shape index (κ2) is 10.1. The van der Waals surface area contributed by atoms with Crippen molar-refractivity contribution in [3.8, 4) is 5.75 Å². The number of rotatable bonds is 8. The highest BCUT2D eigenvalue weighted by Gasteiger charge is 2.13. The maximum absolute atomic E-state index is 12.8. The maximum Gasteiger partial charge on any atom is 0.291 e. The molecule has 0 aliphatic heterocycles. The van der Waals surface area contributed by atoms with Crippen LogP contribution in [0.2, 0.25) is 5.02 Å². The number of anilines is 1. The minimum absolute atomic E-state index is 0.0661. The first kappa shape index (κ1) is 24.8. The van der Waals surface area contributed by atoms with Crippen molar-refractivity contribution in [3.63, 3.8) is 0 Å². The zero-order chi connectivity index (χ0) is 25.2. The summed E-state index contributed by atoms with van der Waals surface area (Å²) in [4.78, 5) is 29.9. The molecule has 0 saturated heterocycles. The number of nitrogens with two attached hydrogens (primary N) is 1. The lowest BCUT2D eigenvalue weighted by atomic mass is 10.2. The number of carbonyl (C=O) groups excluding carboxylic acids is 1. The van der Waals surface area contributed by atoms with E-state index in [2.05, 4.69) is 15.4 Å². The number of nitrogens with zero attached hydrogens (tertiary/aromatic N) is 3. The van der Waals surface area contributed by atoms with Crippen molar-refractivity contribution in [2.45, 2.75) is 24.7 Å². The summed E-state index contributed by atoms with van der Waals surface area (Å²) in [5.41, 5.74) is 0.589. The molecular formula is C22H20ClN5O5S2. The molecule has 0 atom stereocenters. The molecule has 0 spiro atoms. The number of benzene rings is 2. The summed E-state index contributed by atoms with van der Waals surface area (Å²) in [6.45, 7) is 1.68. The number of hydrogen-bond acceptors (Lipinski definition) is 8. The molecule has 2 aromatic carbocycles. The van der Waals surface area contributed by atoms with E-state index in [1.165, 1.54) is 40.1 Å². The number of halogens is 1. The lowest BCUT2D eigenvalue weighted by Crippen LogP contribution is -2.24. The summed E-state index contributed by atoms with van der Waals surface area (Å²) < 4.78 is 30.0. The Morgan fingerprint density at radius 3 is 2.66 bits per heavy atom. The summed E-state index contributed by atoms with van der Waals surface area (Å²) in [5.74, 6) is 0.500. The van der Waals surface area contributed by atoms with Crippen molar-refractivity contribution < 1.29 is 17.9 Å². The van der Waals surface area contributed by atoms with Crippen LogP contribution in [0.4, 0.5) is 5.69 Å². The molecule has 182 valence electrons. The van der Waals surface area contributed by atoms with Crippen LogP contribution in [0.1, 0.15) is 24.7 Å². The SMILES string of the molecule is CCCc1nc2s/c(=C\c3cc(Cl)ccc3OCC(=O)Nc3ccc(S(N)(=O)=O)cc3)c(=O)n2n1. The van der Waals surface area contributed by atoms with Crippen molar-refractivity contribution in [2.75, 3.05) is 11.9 Å². The molecule has 3 N–H and O–H groups in total. The van der Waals surface area contributed by atoms with Gasteiger partial charge in [0.2, 0.25) is 15.0 Å². The Labute approximate surface area is 209 Å². The largest absolute Gasteiger partial charge is 0.483 e. The Balaban J connectivity index is 1.52. The van der Waals surface area contributed by atoms with Gasteiger partial charge in [-0.15, -0.1) is 5.10 Å². The van der Waals surface area contributed by atoms with E-state index in [4.69, 9.17) is 21.5 Å². The average molecular weight is 534 g/mol. The van der Waals surface area contributed by atoms with Gasteiger partial charge in [0.1, 0.15) is 5.75 Å². The molecule has 0 aliphatic carbocycles. The fourth-order valence-electron chi connectivity index (χ4n) is 3.18. The number of sulfonamides is 1. The van der Waals surface area contributed by atoms with E-state index in [-0.39, 0.29) is 17.1 Å². The average Bonchev–Trinajstić information content (AvgIpc) is 3.31. The molecule has 35 heavy (non-hydrogen) atoms. The summed E-state index contributed by atoms with van der Waals surface area (Å²) in [5, 5.41) is 12.4. The van der Waals surface area contributed by atoms with Gasteiger partial charge in [-0.1, -0.05) is 29.9 Å². The molecule has 0 radical (unpaired) electrons. The Hall–Kier alpha value is -3.32. The normalized spacial score (nSPS) is 12.3. The minimum atomic E-state index is -3.82. The molecule has 0 fully saturated rings. The molecule has 0 aliphatic rings. The molecular weight excluding hydrogens is 514 g/mol. The summed E-state index contributed by atoms with van der Waals surface area (Å²) in [6, 6.07) is 10.2. The zero-order valence-corrected chi connectivity index (χ0v) is 20.8. The highest BCUT2D eigenvalue weighted by atomic mass is 35.5. The monoisotopic (exact) mass is 533 g/mol. The van der Waals surface area contributed by atoms with Crippen molar-refractivity contribution in [1.29, 1.82) is 0 Å². The van der Waals surface area contributed by atoms with Crippen molar-refractivity contribution >= 4 is 55.6 Å². The number of nitrogens with one attached hydrogen (secondary N) is 1. The molecule has 0 bridgehead atoms. The van der Waals surface area contributed by atoms with Gasteiger partial charge in [0.25, 0.3) is 11.5 Å².